The molecule has 1 aliphatic rings. The molecule has 1 aliphatic heterocycles. The summed E-state index contributed by atoms with van der Waals surface area (Å²) in [4.78, 5) is 38.8. The van der Waals surface area contributed by atoms with E-state index in [9.17, 15) is 14.4 Å². The Morgan fingerprint density at radius 1 is 1.17 bits per heavy atom. The number of halogens is 1. The van der Waals surface area contributed by atoms with E-state index in [1.807, 2.05) is 37.3 Å². The van der Waals surface area contributed by atoms with Gasteiger partial charge in [0.25, 0.3) is 5.91 Å². The number of nitrogens with one attached hydrogen (secondary N) is 2. The smallest absolute Gasteiger partial charge is 0.323 e. The molecular formula is C22H24ClN3O3. The third-order valence-corrected chi connectivity index (χ3v) is 5.44. The van der Waals surface area contributed by atoms with Crippen LogP contribution in [0.3, 0.4) is 0 Å². The molecule has 1 unspecified atom stereocenters. The maximum Gasteiger partial charge on any atom is 0.325 e. The third-order valence-electron chi connectivity index (χ3n) is 5.13. The molecule has 0 saturated carbocycles. The number of carbonyl (C=O) groups is 3. The zero-order chi connectivity index (χ0) is 21.3. The standard InChI is InChI=1S/C22H24ClN3O3/c1-13(2)15-6-8-16(9-7-15)22(4)20(28)26(21(29)25-22)12-19(27)24-18-10-5-14(3)11-17(18)23/h5-11,13H,12H2,1-4H3,(H,24,27)(H,25,29). The van der Waals surface area contributed by atoms with Gasteiger partial charge in [0, 0.05) is 0 Å². The van der Waals surface area contributed by atoms with Crippen molar-refractivity contribution in [3.05, 3.63) is 64.2 Å². The summed E-state index contributed by atoms with van der Waals surface area (Å²) in [5.41, 5.74) is 1.99. The van der Waals surface area contributed by atoms with Crippen molar-refractivity contribution < 1.29 is 14.4 Å². The van der Waals surface area contributed by atoms with E-state index in [1.165, 1.54) is 0 Å². The number of urea groups is 1. The first kappa shape index (κ1) is 20.9. The van der Waals surface area contributed by atoms with Crippen molar-refractivity contribution in [3.8, 4) is 0 Å². The molecule has 4 amide bonds. The number of rotatable bonds is 5. The quantitative estimate of drug-likeness (QED) is 0.722. The van der Waals surface area contributed by atoms with Gasteiger partial charge < -0.3 is 10.6 Å². The number of imide groups is 1. The van der Waals surface area contributed by atoms with Crippen molar-refractivity contribution in [2.45, 2.75) is 39.2 Å². The van der Waals surface area contributed by atoms with Gasteiger partial charge in [-0.25, -0.2) is 4.79 Å². The highest BCUT2D eigenvalue weighted by atomic mass is 35.5. The minimum absolute atomic E-state index is 0.361. The molecule has 3 rings (SSSR count). The van der Waals surface area contributed by atoms with Gasteiger partial charge in [-0.3, -0.25) is 14.5 Å². The molecule has 2 aromatic carbocycles. The van der Waals surface area contributed by atoms with Gasteiger partial charge in [-0.05, 0) is 48.6 Å². The van der Waals surface area contributed by atoms with Crippen LogP contribution in [0.5, 0.6) is 0 Å². The first-order valence-electron chi connectivity index (χ1n) is 9.42. The Hall–Kier alpha value is -2.86. The predicted molar refractivity (Wildman–Crippen MR) is 113 cm³/mol. The van der Waals surface area contributed by atoms with Crippen LogP contribution in [0.25, 0.3) is 0 Å². The summed E-state index contributed by atoms with van der Waals surface area (Å²) in [6.45, 7) is 7.31. The molecule has 2 aromatic rings. The normalized spacial score (nSPS) is 18.9. The van der Waals surface area contributed by atoms with Crippen molar-refractivity contribution in [2.24, 2.45) is 0 Å². The van der Waals surface area contributed by atoms with E-state index in [4.69, 9.17) is 11.6 Å². The number of nitrogens with zero attached hydrogens (tertiary/aromatic N) is 1. The van der Waals surface area contributed by atoms with Crippen molar-refractivity contribution >= 4 is 35.1 Å². The van der Waals surface area contributed by atoms with E-state index in [0.29, 0.717) is 22.2 Å². The summed E-state index contributed by atoms with van der Waals surface area (Å²) in [5, 5.41) is 5.76. The zero-order valence-electron chi connectivity index (χ0n) is 16.9. The minimum atomic E-state index is -1.21. The molecular weight excluding hydrogens is 390 g/mol. The summed E-state index contributed by atoms with van der Waals surface area (Å²) in [6, 6.07) is 12.2. The van der Waals surface area contributed by atoms with Crippen LogP contribution in [0.2, 0.25) is 5.02 Å². The average molecular weight is 414 g/mol. The maximum absolute atomic E-state index is 13.0. The summed E-state index contributed by atoms with van der Waals surface area (Å²) < 4.78 is 0. The fourth-order valence-electron chi connectivity index (χ4n) is 3.29. The molecule has 0 spiro atoms. The number of benzene rings is 2. The number of amides is 4. The van der Waals surface area contributed by atoms with Gasteiger partial charge in [0.15, 0.2) is 0 Å². The second-order valence-electron chi connectivity index (χ2n) is 7.75. The highest BCUT2D eigenvalue weighted by Crippen LogP contribution is 2.30. The molecule has 29 heavy (non-hydrogen) atoms. The molecule has 0 aliphatic carbocycles. The second-order valence-corrected chi connectivity index (χ2v) is 8.16. The monoisotopic (exact) mass is 413 g/mol. The van der Waals surface area contributed by atoms with Crippen LogP contribution >= 0.6 is 11.6 Å². The number of carbonyl (C=O) groups excluding carboxylic acids is 3. The minimum Gasteiger partial charge on any atom is -0.323 e. The van der Waals surface area contributed by atoms with Gasteiger partial charge in [-0.2, -0.15) is 0 Å². The Balaban J connectivity index is 1.75. The molecule has 0 radical (unpaired) electrons. The van der Waals surface area contributed by atoms with Gasteiger partial charge >= 0.3 is 6.03 Å². The summed E-state index contributed by atoms with van der Waals surface area (Å²) in [6.07, 6.45) is 0. The molecule has 1 saturated heterocycles. The lowest BCUT2D eigenvalue weighted by molar-refractivity contribution is -0.133. The van der Waals surface area contributed by atoms with Gasteiger partial charge in [-0.1, -0.05) is 55.8 Å². The van der Waals surface area contributed by atoms with Crippen LogP contribution in [0.4, 0.5) is 10.5 Å². The summed E-state index contributed by atoms with van der Waals surface area (Å²) >= 11 is 6.13. The van der Waals surface area contributed by atoms with Crippen LogP contribution in [0.1, 0.15) is 43.4 Å². The number of hydrogen-bond acceptors (Lipinski definition) is 3. The van der Waals surface area contributed by atoms with E-state index in [1.54, 1.807) is 19.1 Å². The van der Waals surface area contributed by atoms with Crippen LogP contribution in [0, 0.1) is 6.92 Å². The fraction of sp³-hybridized carbons (Fsp3) is 0.318. The van der Waals surface area contributed by atoms with E-state index in [-0.39, 0.29) is 0 Å². The first-order chi connectivity index (χ1) is 13.6. The van der Waals surface area contributed by atoms with E-state index >= 15 is 0 Å². The van der Waals surface area contributed by atoms with Gasteiger partial charge in [-0.15, -0.1) is 0 Å². The van der Waals surface area contributed by atoms with Gasteiger partial charge in [0.1, 0.15) is 12.1 Å². The maximum atomic E-state index is 13.0. The number of aryl methyl sites for hydroxylation is 1. The Bertz CT molecular complexity index is 972. The Morgan fingerprint density at radius 2 is 1.83 bits per heavy atom. The SMILES string of the molecule is Cc1ccc(NC(=O)CN2C(=O)NC(C)(c3ccc(C(C)C)cc3)C2=O)c(Cl)c1. The molecule has 7 heteroatoms. The van der Waals surface area contributed by atoms with Crippen LogP contribution in [0.15, 0.2) is 42.5 Å². The Morgan fingerprint density at radius 3 is 2.41 bits per heavy atom. The van der Waals surface area contributed by atoms with Crippen molar-refractivity contribution in [1.82, 2.24) is 10.2 Å². The van der Waals surface area contributed by atoms with Crippen molar-refractivity contribution in [1.29, 1.82) is 0 Å². The van der Waals surface area contributed by atoms with Crippen LogP contribution in [-0.4, -0.2) is 29.3 Å². The lowest BCUT2D eigenvalue weighted by Gasteiger charge is -2.22. The lowest BCUT2D eigenvalue weighted by atomic mass is 9.90. The highest BCUT2D eigenvalue weighted by Gasteiger charge is 2.49. The summed E-state index contributed by atoms with van der Waals surface area (Å²) in [5.74, 6) is -0.608. The number of hydrogen-bond donors (Lipinski definition) is 2. The largest absolute Gasteiger partial charge is 0.325 e. The third kappa shape index (κ3) is 4.12. The Labute approximate surface area is 175 Å². The molecule has 2 N–H and O–H groups in total. The lowest BCUT2D eigenvalue weighted by Crippen LogP contribution is -2.42. The van der Waals surface area contributed by atoms with Gasteiger partial charge in [0.05, 0.1) is 10.7 Å². The Kier molecular flexibility index (Phi) is 5.66. The zero-order valence-corrected chi connectivity index (χ0v) is 17.6. The van der Waals surface area contributed by atoms with Crippen molar-refractivity contribution in [3.63, 3.8) is 0 Å². The second kappa shape index (κ2) is 7.87. The van der Waals surface area contributed by atoms with E-state index in [2.05, 4.69) is 24.5 Å². The molecule has 0 aromatic heterocycles. The van der Waals surface area contributed by atoms with Gasteiger partial charge in [0.2, 0.25) is 5.91 Å². The van der Waals surface area contributed by atoms with Crippen molar-refractivity contribution in [2.75, 3.05) is 11.9 Å². The van der Waals surface area contributed by atoms with Crippen LogP contribution in [-0.2, 0) is 15.1 Å². The van der Waals surface area contributed by atoms with Crippen LogP contribution < -0.4 is 10.6 Å². The topological polar surface area (TPSA) is 78.5 Å². The fourth-order valence-corrected chi connectivity index (χ4v) is 3.57. The molecule has 1 fully saturated rings. The molecule has 0 bridgehead atoms. The van der Waals surface area contributed by atoms with E-state index < -0.39 is 29.9 Å². The first-order valence-corrected chi connectivity index (χ1v) is 9.80. The average Bonchev–Trinajstić information content (AvgIpc) is 2.88. The predicted octanol–water partition coefficient (Wildman–Crippen LogP) is 4.18. The highest BCUT2D eigenvalue weighted by molar-refractivity contribution is 6.33. The summed E-state index contributed by atoms with van der Waals surface area (Å²) in [7, 11) is 0. The molecule has 1 atom stereocenters. The number of anilines is 1. The molecule has 1 heterocycles. The molecule has 6 nitrogen and oxygen atoms in total. The molecule has 152 valence electrons. The van der Waals surface area contributed by atoms with E-state index in [0.717, 1.165) is 16.0 Å².